The Hall–Kier alpha value is -3.80. The molecule has 6 nitrogen and oxygen atoms in total. The highest BCUT2D eigenvalue weighted by molar-refractivity contribution is 5.91. The number of hydrogen-bond acceptors (Lipinski definition) is 5. The molecule has 0 amide bonds. The standard InChI is InChI=1S/C13H10O3.C11H14O3/c14-13(15-11-7-3-1-4-8-11)16-12-9-5-2-6-10-12;1-7(2)6-8-4-3-5-9(10(8)12)11(13)14/h1-10H;3-5,7,12H,6H2,1-2H3,(H,13,14). The molecule has 0 atom stereocenters. The van der Waals surface area contributed by atoms with E-state index in [1.54, 1.807) is 60.7 Å². The van der Waals surface area contributed by atoms with Gasteiger partial charge in [-0.25, -0.2) is 9.59 Å². The van der Waals surface area contributed by atoms with Gasteiger partial charge in [-0.3, -0.25) is 0 Å². The molecule has 0 unspecified atom stereocenters. The van der Waals surface area contributed by atoms with E-state index in [2.05, 4.69) is 0 Å². The van der Waals surface area contributed by atoms with Gasteiger partial charge < -0.3 is 19.7 Å². The maximum absolute atomic E-state index is 11.3. The Morgan fingerprint density at radius 2 is 1.30 bits per heavy atom. The van der Waals surface area contributed by atoms with Gasteiger partial charge in [0.25, 0.3) is 0 Å². The van der Waals surface area contributed by atoms with Gasteiger partial charge in [0.05, 0.1) is 0 Å². The fourth-order valence-corrected chi connectivity index (χ4v) is 2.56. The smallest absolute Gasteiger partial charge is 0.507 e. The summed E-state index contributed by atoms with van der Waals surface area (Å²) >= 11 is 0. The fraction of sp³-hybridized carbons (Fsp3) is 0.167. The van der Waals surface area contributed by atoms with Crippen LogP contribution in [0.4, 0.5) is 4.79 Å². The van der Waals surface area contributed by atoms with Gasteiger partial charge in [-0.15, -0.1) is 0 Å². The number of benzene rings is 3. The molecule has 0 radical (unpaired) electrons. The van der Waals surface area contributed by atoms with Crippen molar-refractivity contribution in [3.05, 3.63) is 90.0 Å². The van der Waals surface area contributed by atoms with E-state index in [0.29, 0.717) is 29.4 Å². The van der Waals surface area contributed by atoms with Crippen molar-refractivity contribution in [3.8, 4) is 17.2 Å². The molecule has 0 spiro atoms. The number of carboxylic acids is 1. The number of ether oxygens (including phenoxy) is 2. The highest BCUT2D eigenvalue weighted by atomic mass is 16.7. The van der Waals surface area contributed by atoms with E-state index in [4.69, 9.17) is 14.6 Å². The van der Waals surface area contributed by atoms with Crippen LogP contribution in [-0.4, -0.2) is 22.3 Å². The van der Waals surface area contributed by atoms with Crippen molar-refractivity contribution in [2.45, 2.75) is 20.3 Å². The summed E-state index contributed by atoms with van der Waals surface area (Å²) in [4.78, 5) is 22.0. The SMILES string of the molecule is CC(C)Cc1cccc(C(=O)O)c1O.O=C(Oc1ccccc1)Oc1ccccc1. The molecule has 2 N–H and O–H groups in total. The summed E-state index contributed by atoms with van der Waals surface area (Å²) in [7, 11) is 0. The van der Waals surface area contributed by atoms with Crippen molar-refractivity contribution in [3.63, 3.8) is 0 Å². The van der Waals surface area contributed by atoms with Gasteiger partial charge in [-0.2, -0.15) is 0 Å². The number of carbonyl (C=O) groups excluding carboxylic acids is 1. The van der Waals surface area contributed by atoms with Gasteiger partial charge in [-0.1, -0.05) is 62.4 Å². The van der Waals surface area contributed by atoms with E-state index >= 15 is 0 Å². The average molecular weight is 408 g/mol. The number of rotatable bonds is 5. The van der Waals surface area contributed by atoms with Crippen molar-refractivity contribution >= 4 is 12.1 Å². The Morgan fingerprint density at radius 1 is 0.800 bits per heavy atom. The predicted octanol–water partition coefficient (Wildman–Crippen LogP) is 5.55. The lowest BCUT2D eigenvalue weighted by molar-refractivity contribution is 0.0693. The molecule has 0 fully saturated rings. The highest BCUT2D eigenvalue weighted by Crippen LogP contribution is 2.24. The Balaban J connectivity index is 0.000000216. The summed E-state index contributed by atoms with van der Waals surface area (Å²) in [6, 6.07) is 22.4. The van der Waals surface area contributed by atoms with Gasteiger partial charge in [-0.05, 0) is 48.2 Å². The monoisotopic (exact) mass is 408 g/mol. The molecule has 3 aromatic carbocycles. The zero-order chi connectivity index (χ0) is 21.9. The maximum atomic E-state index is 11.3. The summed E-state index contributed by atoms with van der Waals surface area (Å²) < 4.78 is 9.91. The van der Waals surface area contributed by atoms with Crippen LogP contribution in [0.5, 0.6) is 17.2 Å². The minimum atomic E-state index is -1.09. The van der Waals surface area contributed by atoms with Crippen molar-refractivity contribution in [2.75, 3.05) is 0 Å². The molecular weight excluding hydrogens is 384 g/mol. The van der Waals surface area contributed by atoms with Crippen LogP contribution in [0.15, 0.2) is 78.9 Å². The van der Waals surface area contributed by atoms with Crippen LogP contribution in [0.1, 0.15) is 29.8 Å². The van der Waals surface area contributed by atoms with E-state index in [0.717, 1.165) is 0 Å². The number of para-hydroxylation sites is 3. The van der Waals surface area contributed by atoms with Crippen LogP contribution in [0.3, 0.4) is 0 Å². The summed E-state index contributed by atoms with van der Waals surface area (Å²) in [6.07, 6.45) is -0.0511. The molecule has 0 aliphatic rings. The molecule has 156 valence electrons. The Bertz CT molecular complexity index is 908. The molecule has 0 aliphatic carbocycles. The van der Waals surface area contributed by atoms with Crippen LogP contribution in [0.2, 0.25) is 0 Å². The Labute approximate surface area is 175 Å². The van der Waals surface area contributed by atoms with Crippen LogP contribution < -0.4 is 9.47 Å². The first-order valence-electron chi connectivity index (χ1n) is 9.40. The highest BCUT2D eigenvalue weighted by Gasteiger charge is 2.13. The minimum Gasteiger partial charge on any atom is -0.507 e. The minimum absolute atomic E-state index is 0.0249. The van der Waals surface area contributed by atoms with E-state index < -0.39 is 12.1 Å². The van der Waals surface area contributed by atoms with E-state index in [9.17, 15) is 14.7 Å². The van der Waals surface area contributed by atoms with Gasteiger partial charge in [0, 0.05) is 0 Å². The summed E-state index contributed by atoms with van der Waals surface area (Å²) in [5.41, 5.74) is 0.669. The molecule has 3 rings (SSSR count). The van der Waals surface area contributed by atoms with E-state index in [-0.39, 0.29) is 11.3 Å². The van der Waals surface area contributed by atoms with Gasteiger partial charge in [0.2, 0.25) is 0 Å². The normalized spacial score (nSPS) is 9.97. The van der Waals surface area contributed by atoms with Gasteiger partial charge in [0.1, 0.15) is 22.8 Å². The molecular formula is C24H24O6. The largest absolute Gasteiger partial charge is 0.519 e. The number of hydrogen-bond donors (Lipinski definition) is 2. The van der Waals surface area contributed by atoms with Crippen LogP contribution in [-0.2, 0) is 6.42 Å². The van der Waals surface area contributed by atoms with E-state index in [1.807, 2.05) is 26.0 Å². The first-order valence-corrected chi connectivity index (χ1v) is 9.40. The third-order valence-electron chi connectivity index (χ3n) is 3.87. The lowest BCUT2D eigenvalue weighted by Crippen LogP contribution is -2.13. The third kappa shape index (κ3) is 7.31. The zero-order valence-electron chi connectivity index (χ0n) is 16.8. The molecule has 0 saturated carbocycles. The number of carbonyl (C=O) groups is 2. The Morgan fingerprint density at radius 3 is 1.73 bits per heavy atom. The van der Waals surface area contributed by atoms with Crippen molar-refractivity contribution in [2.24, 2.45) is 5.92 Å². The third-order valence-corrected chi connectivity index (χ3v) is 3.87. The zero-order valence-corrected chi connectivity index (χ0v) is 16.8. The number of aromatic hydroxyl groups is 1. The summed E-state index contributed by atoms with van der Waals surface area (Å²) in [5, 5.41) is 18.4. The number of carboxylic acid groups (broad SMARTS) is 1. The first kappa shape index (κ1) is 22.5. The van der Waals surface area contributed by atoms with Crippen LogP contribution >= 0.6 is 0 Å². The predicted molar refractivity (Wildman–Crippen MR) is 113 cm³/mol. The van der Waals surface area contributed by atoms with Crippen molar-refractivity contribution in [1.82, 2.24) is 0 Å². The first-order chi connectivity index (χ1) is 14.4. The van der Waals surface area contributed by atoms with Gasteiger partial charge in [0.15, 0.2) is 0 Å². The topological polar surface area (TPSA) is 93.1 Å². The molecule has 0 saturated heterocycles. The molecule has 3 aromatic rings. The fourth-order valence-electron chi connectivity index (χ4n) is 2.56. The van der Waals surface area contributed by atoms with Crippen molar-refractivity contribution < 1.29 is 29.3 Å². The molecule has 0 bridgehead atoms. The lowest BCUT2D eigenvalue weighted by atomic mass is 10.00. The van der Waals surface area contributed by atoms with Crippen LogP contribution in [0.25, 0.3) is 0 Å². The maximum Gasteiger partial charge on any atom is 0.519 e. The van der Waals surface area contributed by atoms with Crippen LogP contribution in [0, 0.1) is 5.92 Å². The lowest BCUT2D eigenvalue weighted by Gasteiger charge is -2.08. The quantitative estimate of drug-likeness (QED) is 0.424. The molecule has 0 heterocycles. The second-order valence-corrected chi connectivity index (χ2v) is 6.80. The summed E-state index contributed by atoms with van der Waals surface area (Å²) in [5.74, 6) is 0.124. The summed E-state index contributed by atoms with van der Waals surface area (Å²) in [6.45, 7) is 4.04. The Kier molecular flexibility index (Phi) is 8.44. The number of phenols is 1. The van der Waals surface area contributed by atoms with E-state index in [1.165, 1.54) is 6.07 Å². The number of aromatic carboxylic acids is 1. The second-order valence-electron chi connectivity index (χ2n) is 6.80. The molecule has 6 heteroatoms. The average Bonchev–Trinajstić information content (AvgIpc) is 2.71. The molecule has 30 heavy (non-hydrogen) atoms. The second kappa shape index (κ2) is 11.3. The molecule has 0 aromatic heterocycles. The molecule has 0 aliphatic heterocycles. The van der Waals surface area contributed by atoms with Gasteiger partial charge >= 0.3 is 12.1 Å². The van der Waals surface area contributed by atoms with Crippen molar-refractivity contribution in [1.29, 1.82) is 0 Å².